The quantitative estimate of drug-likeness (QED) is 0.288. The number of thioether (sulfide) groups is 1. The lowest BCUT2D eigenvalue weighted by Gasteiger charge is -2.25. The van der Waals surface area contributed by atoms with Gasteiger partial charge < -0.3 is 20.1 Å². The molecule has 0 aliphatic carbocycles. The molecule has 0 radical (unpaired) electrons. The molecule has 1 aliphatic heterocycles. The molecular formula is C21H27ClFN4O7PS. The van der Waals surface area contributed by atoms with Gasteiger partial charge in [-0.15, -0.1) is 11.8 Å². The Bertz CT molecular complexity index is 1170. The number of nitrogens with one attached hydrogen (secondary N) is 1. The van der Waals surface area contributed by atoms with E-state index >= 15 is 0 Å². The van der Waals surface area contributed by atoms with Crippen molar-refractivity contribution in [2.24, 2.45) is 0 Å². The molecule has 4 N–H and O–H groups in total. The number of nitrogen functional groups attached to an aromatic ring is 1. The Morgan fingerprint density at radius 1 is 1.33 bits per heavy atom. The second-order valence-corrected chi connectivity index (χ2v) is 11.7. The molecule has 2 heterocycles. The first-order valence-corrected chi connectivity index (χ1v) is 13.7. The summed E-state index contributed by atoms with van der Waals surface area (Å²) in [5.74, 6) is -0.588. The summed E-state index contributed by atoms with van der Waals surface area (Å²) in [5, 5.41) is 11.3. The van der Waals surface area contributed by atoms with Gasteiger partial charge in [0.2, 0.25) is 0 Å². The van der Waals surface area contributed by atoms with E-state index in [2.05, 4.69) is 10.1 Å². The maximum Gasteiger partial charge on any atom is 0.459 e. The van der Waals surface area contributed by atoms with Crippen molar-refractivity contribution in [1.82, 2.24) is 14.6 Å². The van der Waals surface area contributed by atoms with Gasteiger partial charge in [0.1, 0.15) is 29.1 Å². The van der Waals surface area contributed by atoms with Gasteiger partial charge >= 0.3 is 19.4 Å². The Morgan fingerprint density at radius 3 is 2.61 bits per heavy atom. The fourth-order valence-electron chi connectivity index (χ4n) is 3.20. The van der Waals surface area contributed by atoms with Gasteiger partial charge in [0, 0.05) is 11.2 Å². The average molecular weight is 565 g/mol. The average Bonchev–Trinajstić information content (AvgIpc) is 3.07. The summed E-state index contributed by atoms with van der Waals surface area (Å²) >= 11 is 6.78. The van der Waals surface area contributed by atoms with Crippen molar-refractivity contribution in [3.8, 4) is 5.75 Å². The normalized spacial score (nSPS) is 24.3. The third kappa shape index (κ3) is 7.21. The lowest BCUT2D eigenvalue weighted by Crippen LogP contribution is -2.37. The van der Waals surface area contributed by atoms with Gasteiger partial charge in [0.05, 0.1) is 18.0 Å². The molecular weight excluding hydrogens is 538 g/mol. The summed E-state index contributed by atoms with van der Waals surface area (Å²) in [4.78, 5) is 28.0. The largest absolute Gasteiger partial charge is 0.462 e. The molecule has 1 aromatic carbocycles. The summed E-state index contributed by atoms with van der Waals surface area (Å²) in [6, 6.07) is 6.15. The number of aliphatic hydroxyl groups is 1. The number of esters is 1. The number of hydrogen-bond donors (Lipinski definition) is 3. The van der Waals surface area contributed by atoms with Crippen LogP contribution in [0.5, 0.6) is 5.75 Å². The van der Waals surface area contributed by atoms with Crippen molar-refractivity contribution in [1.29, 1.82) is 0 Å². The molecule has 1 fully saturated rings. The highest BCUT2D eigenvalue weighted by molar-refractivity contribution is 8.00. The summed E-state index contributed by atoms with van der Waals surface area (Å²) in [6.45, 7) is 4.30. The molecule has 1 aromatic heterocycles. The Labute approximate surface area is 216 Å². The highest BCUT2D eigenvalue weighted by Gasteiger charge is 2.46. The van der Waals surface area contributed by atoms with Crippen LogP contribution in [0.25, 0.3) is 0 Å². The summed E-state index contributed by atoms with van der Waals surface area (Å²) in [6.07, 6.45) is -2.54. The number of ether oxygens (including phenoxy) is 1. The number of halogens is 2. The zero-order valence-electron chi connectivity index (χ0n) is 19.6. The molecule has 6 atom stereocenters. The van der Waals surface area contributed by atoms with Crippen LogP contribution >= 0.6 is 31.1 Å². The lowest BCUT2D eigenvalue weighted by molar-refractivity contribution is -0.149. The number of rotatable bonds is 10. The van der Waals surface area contributed by atoms with Crippen molar-refractivity contribution < 1.29 is 32.6 Å². The summed E-state index contributed by atoms with van der Waals surface area (Å²) < 4.78 is 45.7. The monoisotopic (exact) mass is 564 g/mol. The number of alkyl halides is 1. The standard InChI is InChI=1S/C21H27ClFN4O7PS/c1-11(2)33-20(29)12(3)26-35(31,34-14-6-4-13(22)5-7-14)32-10-15-18(28)17(23)19(36-15)27-9-8-16(24)25-21(27)30/h4-9,11-12,15,17-19,28H,10H2,1-3H3,(H,26,31)(H2,24,25,30)/t12?,15-,17+,18-,19-,35?/m1/s1. The van der Waals surface area contributed by atoms with E-state index in [0.717, 1.165) is 16.3 Å². The molecule has 36 heavy (non-hydrogen) atoms. The van der Waals surface area contributed by atoms with E-state index in [9.17, 15) is 23.7 Å². The van der Waals surface area contributed by atoms with E-state index < -0.39 is 61.1 Å². The van der Waals surface area contributed by atoms with Gasteiger partial charge in [-0.1, -0.05) is 11.6 Å². The fraction of sp³-hybridized carbons (Fsp3) is 0.476. The molecule has 0 spiro atoms. The molecule has 1 saturated heterocycles. The first-order chi connectivity index (χ1) is 16.9. The van der Waals surface area contributed by atoms with Gasteiger partial charge in [-0.05, 0) is 51.1 Å². The maximum absolute atomic E-state index is 14.9. The predicted molar refractivity (Wildman–Crippen MR) is 134 cm³/mol. The summed E-state index contributed by atoms with van der Waals surface area (Å²) in [7, 11) is -4.25. The Kier molecular flexibility index (Phi) is 9.42. The van der Waals surface area contributed by atoms with E-state index in [4.69, 9.17) is 31.1 Å². The second-order valence-electron chi connectivity index (χ2n) is 8.22. The number of anilines is 1. The highest BCUT2D eigenvalue weighted by atomic mass is 35.5. The number of nitrogens with zero attached hydrogens (tertiary/aromatic N) is 2. The molecule has 198 valence electrons. The molecule has 0 saturated carbocycles. The summed E-state index contributed by atoms with van der Waals surface area (Å²) in [5.41, 5.74) is 4.71. The highest BCUT2D eigenvalue weighted by Crippen LogP contribution is 2.49. The smallest absolute Gasteiger partial charge is 0.459 e. The van der Waals surface area contributed by atoms with Gasteiger partial charge in [-0.25, -0.2) is 13.8 Å². The lowest BCUT2D eigenvalue weighted by atomic mass is 10.1. The molecule has 2 unspecified atom stereocenters. The number of aromatic nitrogens is 2. The van der Waals surface area contributed by atoms with E-state index in [-0.39, 0.29) is 11.6 Å². The number of carbonyl (C=O) groups is 1. The minimum Gasteiger partial charge on any atom is -0.462 e. The predicted octanol–water partition coefficient (Wildman–Crippen LogP) is 2.93. The van der Waals surface area contributed by atoms with E-state index in [1.165, 1.54) is 43.5 Å². The molecule has 15 heteroatoms. The van der Waals surface area contributed by atoms with Crippen molar-refractivity contribution >= 4 is 42.9 Å². The number of carbonyl (C=O) groups excluding carboxylic acids is 1. The molecule has 0 bridgehead atoms. The van der Waals surface area contributed by atoms with Crippen LogP contribution in [-0.2, 0) is 18.6 Å². The van der Waals surface area contributed by atoms with Crippen LogP contribution in [-0.4, -0.2) is 56.9 Å². The van der Waals surface area contributed by atoms with Crippen molar-refractivity contribution in [2.45, 2.75) is 55.8 Å². The Morgan fingerprint density at radius 2 is 2.00 bits per heavy atom. The molecule has 11 nitrogen and oxygen atoms in total. The molecule has 2 aromatic rings. The second kappa shape index (κ2) is 11.9. The Balaban J connectivity index is 1.76. The minimum atomic E-state index is -4.25. The van der Waals surface area contributed by atoms with Gasteiger partial charge in [0.25, 0.3) is 0 Å². The first-order valence-electron chi connectivity index (χ1n) is 10.9. The van der Waals surface area contributed by atoms with Gasteiger partial charge in [-0.3, -0.25) is 13.9 Å². The number of aliphatic hydroxyl groups excluding tert-OH is 1. The maximum atomic E-state index is 14.9. The zero-order chi connectivity index (χ0) is 26.6. The van der Waals surface area contributed by atoms with E-state index in [0.29, 0.717) is 5.02 Å². The van der Waals surface area contributed by atoms with E-state index in [1.54, 1.807) is 13.8 Å². The van der Waals surface area contributed by atoms with Crippen LogP contribution in [0.15, 0.2) is 41.3 Å². The van der Waals surface area contributed by atoms with Crippen LogP contribution in [0.4, 0.5) is 10.2 Å². The van der Waals surface area contributed by atoms with Crippen LogP contribution in [0.2, 0.25) is 5.02 Å². The Hall–Kier alpha value is -2.15. The third-order valence-electron chi connectivity index (χ3n) is 4.92. The van der Waals surface area contributed by atoms with Crippen molar-refractivity contribution in [3.63, 3.8) is 0 Å². The van der Waals surface area contributed by atoms with Crippen LogP contribution in [0, 0.1) is 0 Å². The number of hydrogen-bond acceptors (Lipinski definition) is 10. The number of benzene rings is 1. The van der Waals surface area contributed by atoms with Gasteiger partial charge in [-0.2, -0.15) is 10.1 Å². The first kappa shape index (κ1) is 28.4. The van der Waals surface area contributed by atoms with Crippen LogP contribution in [0.1, 0.15) is 26.1 Å². The number of nitrogens with two attached hydrogens (primary N) is 1. The molecule has 1 aliphatic rings. The SMILES string of the molecule is CC(C)OC(=O)C(C)NP(=O)(OC[C@H]1S[C@@H](n2ccc(N)nc2=O)[C@@H](F)[C@@H]1O)Oc1ccc(Cl)cc1. The van der Waals surface area contributed by atoms with E-state index in [1.807, 2.05) is 0 Å². The minimum absolute atomic E-state index is 0.0217. The van der Waals surface area contributed by atoms with Crippen LogP contribution in [0.3, 0.4) is 0 Å². The molecule has 3 rings (SSSR count). The fourth-order valence-corrected chi connectivity index (χ4v) is 6.37. The van der Waals surface area contributed by atoms with Crippen LogP contribution < -0.4 is 21.0 Å². The zero-order valence-corrected chi connectivity index (χ0v) is 22.1. The topological polar surface area (TPSA) is 155 Å². The third-order valence-corrected chi connectivity index (χ3v) is 8.35. The molecule has 0 amide bonds. The van der Waals surface area contributed by atoms with Gasteiger partial charge in [0.15, 0.2) is 6.17 Å². The van der Waals surface area contributed by atoms with Crippen molar-refractivity contribution in [3.05, 3.63) is 52.0 Å². The van der Waals surface area contributed by atoms with Crippen molar-refractivity contribution in [2.75, 3.05) is 12.3 Å².